The summed E-state index contributed by atoms with van der Waals surface area (Å²) in [5, 5.41) is 0. The van der Waals surface area contributed by atoms with E-state index in [0.29, 0.717) is 17.2 Å². The van der Waals surface area contributed by atoms with Crippen molar-refractivity contribution in [2.75, 3.05) is 0 Å². The third-order valence-electron chi connectivity index (χ3n) is 3.08. The fourth-order valence-corrected chi connectivity index (χ4v) is 2.37. The van der Waals surface area contributed by atoms with Gasteiger partial charge in [-0.1, -0.05) is 37.6 Å². The van der Waals surface area contributed by atoms with Crippen LogP contribution in [0.5, 0.6) is 5.75 Å². The lowest BCUT2D eigenvalue weighted by Crippen LogP contribution is -2.09. The largest absolute Gasteiger partial charge is 0.422 e. The molecule has 0 bridgehead atoms. The van der Waals surface area contributed by atoms with Crippen molar-refractivity contribution in [3.8, 4) is 5.75 Å². The number of benzene rings is 2. The van der Waals surface area contributed by atoms with Crippen molar-refractivity contribution < 1.29 is 9.53 Å². The Kier molecular flexibility index (Phi) is 4.61. The van der Waals surface area contributed by atoms with E-state index >= 15 is 0 Å². The molecule has 104 valence electrons. The van der Waals surface area contributed by atoms with E-state index in [-0.39, 0.29) is 5.97 Å². The maximum Gasteiger partial charge on any atom is 0.343 e. The van der Waals surface area contributed by atoms with Crippen LogP contribution in [0, 0.1) is 6.92 Å². The third-order valence-corrected chi connectivity index (χ3v) is 3.70. The van der Waals surface area contributed by atoms with Crippen molar-refractivity contribution >= 4 is 21.9 Å². The van der Waals surface area contributed by atoms with E-state index in [1.54, 1.807) is 6.07 Å². The van der Waals surface area contributed by atoms with E-state index in [0.717, 1.165) is 10.0 Å². The average molecular weight is 333 g/mol. The van der Waals surface area contributed by atoms with E-state index in [9.17, 15) is 4.79 Å². The van der Waals surface area contributed by atoms with Crippen LogP contribution in [0.1, 0.15) is 41.3 Å². The summed E-state index contributed by atoms with van der Waals surface area (Å²) in [7, 11) is 0. The van der Waals surface area contributed by atoms with E-state index in [2.05, 4.69) is 29.8 Å². The summed E-state index contributed by atoms with van der Waals surface area (Å²) in [5.41, 5.74) is 2.80. The molecule has 2 rings (SSSR count). The minimum Gasteiger partial charge on any atom is -0.422 e. The molecule has 0 aliphatic heterocycles. The highest BCUT2D eigenvalue weighted by atomic mass is 79.9. The van der Waals surface area contributed by atoms with Crippen LogP contribution in [0.15, 0.2) is 46.9 Å². The molecule has 0 aromatic heterocycles. The smallest absolute Gasteiger partial charge is 0.343 e. The average Bonchev–Trinajstić information content (AvgIpc) is 2.40. The Morgan fingerprint density at radius 1 is 1.15 bits per heavy atom. The molecule has 0 aliphatic rings. The van der Waals surface area contributed by atoms with Gasteiger partial charge in [0.2, 0.25) is 0 Å². The summed E-state index contributed by atoms with van der Waals surface area (Å²) in [6.07, 6.45) is 0. The van der Waals surface area contributed by atoms with Gasteiger partial charge < -0.3 is 4.74 Å². The highest BCUT2D eigenvalue weighted by Gasteiger charge is 2.12. The van der Waals surface area contributed by atoms with Crippen molar-refractivity contribution in [2.24, 2.45) is 0 Å². The minimum atomic E-state index is -0.341. The zero-order chi connectivity index (χ0) is 14.7. The quantitative estimate of drug-likeness (QED) is 0.577. The molecule has 0 atom stereocenters. The van der Waals surface area contributed by atoms with Gasteiger partial charge >= 0.3 is 5.97 Å². The highest BCUT2D eigenvalue weighted by Crippen LogP contribution is 2.29. The van der Waals surface area contributed by atoms with Crippen molar-refractivity contribution in [1.29, 1.82) is 0 Å². The predicted octanol–water partition coefficient (Wildman–Crippen LogP) is 5.10. The third kappa shape index (κ3) is 3.48. The molecule has 3 heteroatoms. The van der Waals surface area contributed by atoms with Crippen molar-refractivity contribution in [2.45, 2.75) is 26.7 Å². The van der Waals surface area contributed by atoms with E-state index in [1.807, 2.05) is 43.3 Å². The lowest BCUT2D eigenvalue weighted by molar-refractivity contribution is 0.0733. The Bertz CT molecular complexity index is 633. The summed E-state index contributed by atoms with van der Waals surface area (Å²) in [6, 6.07) is 13.2. The van der Waals surface area contributed by atoms with Crippen LogP contribution in [0.4, 0.5) is 0 Å². The molecule has 0 saturated heterocycles. The topological polar surface area (TPSA) is 26.3 Å². The number of hydrogen-bond donors (Lipinski definition) is 0. The first-order valence-electron chi connectivity index (χ1n) is 6.55. The SMILES string of the molecule is Cc1cccc(C(=O)Oc2ccc(C(C)C)cc2Br)c1. The Hall–Kier alpha value is -1.61. The van der Waals surface area contributed by atoms with Crippen LogP contribution in [-0.2, 0) is 0 Å². The van der Waals surface area contributed by atoms with E-state index in [1.165, 1.54) is 5.56 Å². The molecule has 0 radical (unpaired) electrons. The van der Waals surface area contributed by atoms with Gasteiger partial charge in [0.25, 0.3) is 0 Å². The molecule has 0 saturated carbocycles. The lowest BCUT2D eigenvalue weighted by atomic mass is 10.0. The van der Waals surface area contributed by atoms with Crippen LogP contribution in [0.3, 0.4) is 0 Å². The van der Waals surface area contributed by atoms with Gasteiger partial charge in [0.15, 0.2) is 0 Å². The van der Waals surface area contributed by atoms with Gasteiger partial charge in [0, 0.05) is 0 Å². The number of esters is 1. The maximum absolute atomic E-state index is 12.1. The van der Waals surface area contributed by atoms with Crippen LogP contribution in [0.25, 0.3) is 0 Å². The number of aryl methyl sites for hydroxylation is 1. The van der Waals surface area contributed by atoms with Crippen LogP contribution >= 0.6 is 15.9 Å². The fourth-order valence-electron chi connectivity index (χ4n) is 1.89. The molecular weight excluding hydrogens is 316 g/mol. The second-order valence-electron chi connectivity index (χ2n) is 5.10. The Labute approximate surface area is 127 Å². The second kappa shape index (κ2) is 6.23. The normalized spacial score (nSPS) is 10.7. The number of carbonyl (C=O) groups is 1. The summed E-state index contributed by atoms with van der Waals surface area (Å²) >= 11 is 3.45. The first kappa shape index (κ1) is 14.8. The number of carbonyl (C=O) groups excluding carboxylic acids is 1. The number of hydrogen-bond acceptors (Lipinski definition) is 2. The zero-order valence-electron chi connectivity index (χ0n) is 11.8. The van der Waals surface area contributed by atoms with Gasteiger partial charge in [-0.2, -0.15) is 0 Å². The van der Waals surface area contributed by atoms with E-state index < -0.39 is 0 Å². The van der Waals surface area contributed by atoms with Crippen LogP contribution in [0.2, 0.25) is 0 Å². The van der Waals surface area contributed by atoms with Gasteiger partial charge in [-0.05, 0) is 58.6 Å². The molecule has 20 heavy (non-hydrogen) atoms. The number of ether oxygens (including phenoxy) is 1. The van der Waals surface area contributed by atoms with Crippen LogP contribution in [-0.4, -0.2) is 5.97 Å². The zero-order valence-corrected chi connectivity index (χ0v) is 13.4. The van der Waals surface area contributed by atoms with Crippen LogP contribution < -0.4 is 4.74 Å². The molecule has 0 aliphatic carbocycles. The Balaban J connectivity index is 2.20. The molecule has 2 aromatic rings. The maximum atomic E-state index is 12.1. The van der Waals surface area contributed by atoms with Crippen molar-refractivity contribution in [1.82, 2.24) is 0 Å². The van der Waals surface area contributed by atoms with Gasteiger partial charge in [-0.25, -0.2) is 4.79 Å². The van der Waals surface area contributed by atoms with Gasteiger partial charge in [0.05, 0.1) is 10.0 Å². The van der Waals surface area contributed by atoms with Crippen molar-refractivity contribution in [3.63, 3.8) is 0 Å². The van der Waals surface area contributed by atoms with Gasteiger partial charge in [-0.3, -0.25) is 0 Å². The summed E-state index contributed by atoms with van der Waals surface area (Å²) < 4.78 is 6.23. The first-order chi connectivity index (χ1) is 9.47. The molecule has 2 aromatic carbocycles. The molecule has 0 spiro atoms. The minimum absolute atomic E-state index is 0.341. The fraction of sp³-hybridized carbons (Fsp3) is 0.235. The first-order valence-corrected chi connectivity index (χ1v) is 7.35. The summed E-state index contributed by atoms with van der Waals surface area (Å²) in [5.74, 6) is 0.639. The molecule has 0 amide bonds. The Morgan fingerprint density at radius 2 is 1.90 bits per heavy atom. The summed E-state index contributed by atoms with van der Waals surface area (Å²) in [4.78, 5) is 12.1. The van der Waals surface area contributed by atoms with Gasteiger partial charge in [0.1, 0.15) is 5.75 Å². The second-order valence-corrected chi connectivity index (χ2v) is 5.96. The predicted molar refractivity (Wildman–Crippen MR) is 84.4 cm³/mol. The molecule has 2 nitrogen and oxygen atoms in total. The molecule has 0 fully saturated rings. The lowest BCUT2D eigenvalue weighted by Gasteiger charge is -2.10. The van der Waals surface area contributed by atoms with Gasteiger partial charge in [-0.15, -0.1) is 0 Å². The van der Waals surface area contributed by atoms with E-state index in [4.69, 9.17) is 4.74 Å². The monoisotopic (exact) mass is 332 g/mol. The number of halogens is 1. The number of rotatable bonds is 3. The molecule has 0 N–H and O–H groups in total. The molecule has 0 unspecified atom stereocenters. The molecule has 0 heterocycles. The Morgan fingerprint density at radius 3 is 2.50 bits per heavy atom. The highest BCUT2D eigenvalue weighted by molar-refractivity contribution is 9.10. The standard InChI is InChI=1S/C17H17BrO2/c1-11(2)13-7-8-16(15(18)10-13)20-17(19)14-6-4-5-12(3)9-14/h4-11H,1-3H3. The molecular formula is C17H17BrO2. The summed E-state index contributed by atoms with van der Waals surface area (Å²) in [6.45, 7) is 6.20. The van der Waals surface area contributed by atoms with Crippen molar-refractivity contribution in [3.05, 3.63) is 63.6 Å².